The van der Waals surface area contributed by atoms with Gasteiger partial charge in [-0.1, -0.05) is 19.3 Å². The van der Waals surface area contributed by atoms with Crippen LogP contribution in [0.25, 0.3) is 0 Å². The maximum absolute atomic E-state index is 12.7. The lowest BCUT2D eigenvalue weighted by Gasteiger charge is -2.30. The van der Waals surface area contributed by atoms with Crippen molar-refractivity contribution in [2.75, 3.05) is 13.2 Å². The molecule has 1 aliphatic heterocycles. The predicted octanol–water partition coefficient (Wildman–Crippen LogP) is 3.70. The van der Waals surface area contributed by atoms with E-state index in [-0.39, 0.29) is 24.5 Å². The summed E-state index contributed by atoms with van der Waals surface area (Å²) in [6.45, 7) is 0.695. The topological polar surface area (TPSA) is 67.8 Å². The summed E-state index contributed by atoms with van der Waals surface area (Å²) in [7, 11) is 0. The van der Waals surface area contributed by atoms with Crippen LogP contribution in [-0.4, -0.2) is 36.6 Å². The maximum Gasteiger partial charge on any atom is 0.286 e. The van der Waals surface area contributed by atoms with Crippen LogP contribution in [0.2, 0.25) is 0 Å². The number of hydrogen-bond acceptors (Lipinski definition) is 5. The molecule has 1 amide bonds. The number of amides is 1. The molecule has 2 atom stereocenters. The molecule has 0 bridgehead atoms. The van der Waals surface area contributed by atoms with Gasteiger partial charge in [0, 0.05) is 25.0 Å². The third-order valence-corrected chi connectivity index (χ3v) is 5.75. The first-order chi connectivity index (χ1) is 12.8. The van der Waals surface area contributed by atoms with Crippen molar-refractivity contribution in [3.8, 4) is 0 Å². The molecule has 1 aromatic heterocycles. The standard InChI is InChI=1S/C20H29NO4S/c22-9-4-5-10-24-19-13-16(15-8-11-26-14-15)12-18(25-19)20(23)21-17-6-2-1-3-7-17/h8,11-12,14,16-17,19,22H,1-7,9-10,13H2,(H,21,23)/t16-,19+/m0/s1. The van der Waals surface area contributed by atoms with E-state index in [9.17, 15) is 4.79 Å². The molecule has 1 fully saturated rings. The normalized spacial score (nSPS) is 24.0. The SMILES string of the molecule is O=C(NC1CCCCC1)C1=C[C@H](c2ccsc2)C[C@H](OCCCCO)O1. The summed E-state index contributed by atoms with van der Waals surface area (Å²) in [6, 6.07) is 2.35. The second-order valence-corrected chi connectivity index (χ2v) is 7.87. The summed E-state index contributed by atoms with van der Waals surface area (Å²) in [5.41, 5.74) is 1.20. The fourth-order valence-corrected chi connectivity index (χ4v) is 4.29. The maximum atomic E-state index is 12.7. The van der Waals surface area contributed by atoms with Crippen LogP contribution in [-0.2, 0) is 14.3 Å². The van der Waals surface area contributed by atoms with E-state index in [0.29, 0.717) is 25.2 Å². The van der Waals surface area contributed by atoms with Gasteiger partial charge in [0.15, 0.2) is 5.76 Å². The Morgan fingerprint density at radius 1 is 1.31 bits per heavy atom. The van der Waals surface area contributed by atoms with Gasteiger partial charge >= 0.3 is 0 Å². The highest BCUT2D eigenvalue weighted by Gasteiger charge is 2.30. The summed E-state index contributed by atoms with van der Waals surface area (Å²) in [5, 5.41) is 16.2. The highest BCUT2D eigenvalue weighted by molar-refractivity contribution is 7.08. The van der Waals surface area contributed by atoms with Crippen LogP contribution in [0.15, 0.2) is 28.7 Å². The van der Waals surface area contributed by atoms with Crippen LogP contribution < -0.4 is 5.32 Å². The number of aliphatic hydroxyl groups excluding tert-OH is 1. The van der Waals surface area contributed by atoms with E-state index in [1.807, 2.05) is 6.08 Å². The molecule has 1 aromatic rings. The van der Waals surface area contributed by atoms with Gasteiger partial charge in [-0.05, 0) is 54.1 Å². The van der Waals surface area contributed by atoms with Crippen LogP contribution in [0, 0.1) is 0 Å². The zero-order chi connectivity index (χ0) is 18.2. The van der Waals surface area contributed by atoms with E-state index in [1.165, 1.54) is 24.8 Å². The molecule has 26 heavy (non-hydrogen) atoms. The number of thiophene rings is 1. The monoisotopic (exact) mass is 379 g/mol. The van der Waals surface area contributed by atoms with Crippen LogP contribution in [0.5, 0.6) is 0 Å². The van der Waals surface area contributed by atoms with E-state index in [4.69, 9.17) is 14.6 Å². The van der Waals surface area contributed by atoms with Gasteiger partial charge in [-0.15, -0.1) is 0 Å². The lowest BCUT2D eigenvalue weighted by Crippen LogP contribution is -2.39. The fraction of sp³-hybridized carbons (Fsp3) is 0.650. The second-order valence-electron chi connectivity index (χ2n) is 7.09. The van der Waals surface area contributed by atoms with Crippen molar-refractivity contribution in [1.29, 1.82) is 0 Å². The molecule has 0 spiro atoms. The van der Waals surface area contributed by atoms with Gasteiger partial charge < -0.3 is 19.9 Å². The van der Waals surface area contributed by atoms with Crippen molar-refractivity contribution in [2.24, 2.45) is 0 Å². The molecule has 1 saturated carbocycles. The predicted molar refractivity (Wildman–Crippen MR) is 102 cm³/mol. The Kier molecular flexibility index (Phi) is 7.53. The van der Waals surface area contributed by atoms with Crippen molar-refractivity contribution >= 4 is 17.2 Å². The van der Waals surface area contributed by atoms with Crippen LogP contribution in [0.4, 0.5) is 0 Å². The first kappa shape index (κ1) is 19.4. The molecule has 0 unspecified atom stereocenters. The van der Waals surface area contributed by atoms with Crippen LogP contribution >= 0.6 is 11.3 Å². The Labute approximate surface area is 159 Å². The van der Waals surface area contributed by atoms with E-state index >= 15 is 0 Å². The minimum Gasteiger partial charge on any atom is -0.459 e. The third-order valence-electron chi connectivity index (χ3n) is 5.05. The minimum atomic E-state index is -0.421. The van der Waals surface area contributed by atoms with Gasteiger partial charge in [-0.25, -0.2) is 0 Å². The Morgan fingerprint density at radius 3 is 2.88 bits per heavy atom. The number of carbonyl (C=O) groups excluding carboxylic acids is 1. The smallest absolute Gasteiger partial charge is 0.286 e. The summed E-state index contributed by atoms with van der Waals surface area (Å²) in [4.78, 5) is 12.7. The van der Waals surface area contributed by atoms with Crippen LogP contribution in [0.1, 0.15) is 62.8 Å². The number of aliphatic hydroxyl groups is 1. The van der Waals surface area contributed by atoms with Gasteiger partial charge in [0.2, 0.25) is 6.29 Å². The summed E-state index contributed by atoms with van der Waals surface area (Å²) in [6.07, 6.45) is 9.44. The second kappa shape index (κ2) is 10.1. The zero-order valence-corrected chi connectivity index (χ0v) is 16.0. The third kappa shape index (κ3) is 5.56. The van der Waals surface area contributed by atoms with Gasteiger partial charge in [0.25, 0.3) is 5.91 Å². The number of allylic oxidation sites excluding steroid dienone is 1. The number of unbranched alkanes of at least 4 members (excludes halogenated alkanes) is 1. The molecule has 1 aliphatic carbocycles. The molecule has 2 heterocycles. The molecular formula is C20H29NO4S. The van der Waals surface area contributed by atoms with Gasteiger partial charge in [0.1, 0.15) is 0 Å². The number of hydrogen-bond donors (Lipinski definition) is 2. The molecule has 5 nitrogen and oxygen atoms in total. The largest absolute Gasteiger partial charge is 0.459 e. The Balaban J connectivity index is 1.63. The van der Waals surface area contributed by atoms with Crippen molar-refractivity contribution < 1.29 is 19.4 Å². The number of rotatable bonds is 8. The molecule has 0 saturated heterocycles. The van der Waals surface area contributed by atoms with Gasteiger partial charge in [-0.3, -0.25) is 4.79 Å². The highest BCUT2D eigenvalue weighted by atomic mass is 32.1. The molecule has 2 N–H and O–H groups in total. The Morgan fingerprint density at radius 2 is 2.15 bits per heavy atom. The number of carbonyl (C=O) groups is 1. The summed E-state index contributed by atoms with van der Waals surface area (Å²) >= 11 is 1.66. The molecule has 0 aromatic carbocycles. The Hall–Kier alpha value is -1.37. The lowest BCUT2D eigenvalue weighted by molar-refractivity contribution is -0.147. The average Bonchev–Trinajstić information content (AvgIpc) is 3.21. The molecular weight excluding hydrogens is 350 g/mol. The summed E-state index contributed by atoms with van der Waals surface area (Å²) < 4.78 is 11.7. The first-order valence-electron chi connectivity index (χ1n) is 9.70. The van der Waals surface area contributed by atoms with Crippen LogP contribution in [0.3, 0.4) is 0 Å². The molecule has 3 rings (SSSR count). The van der Waals surface area contributed by atoms with E-state index < -0.39 is 6.29 Å². The van der Waals surface area contributed by atoms with Gasteiger partial charge in [-0.2, -0.15) is 11.3 Å². The molecule has 0 radical (unpaired) electrons. The first-order valence-corrected chi connectivity index (χ1v) is 10.6. The molecule has 144 valence electrons. The summed E-state index contributed by atoms with van der Waals surface area (Å²) in [5.74, 6) is 0.385. The van der Waals surface area contributed by atoms with Crippen molar-refractivity contribution in [3.63, 3.8) is 0 Å². The van der Waals surface area contributed by atoms with Crippen molar-refractivity contribution in [3.05, 3.63) is 34.2 Å². The lowest BCUT2D eigenvalue weighted by atomic mass is 9.94. The van der Waals surface area contributed by atoms with E-state index in [2.05, 4.69) is 22.1 Å². The molecule has 2 aliphatic rings. The fourth-order valence-electron chi connectivity index (χ4n) is 3.57. The molecule has 6 heteroatoms. The highest BCUT2D eigenvalue weighted by Crippen LogP contribution is 2.32. The van der Waals surface area contributed by atoms with E-state index in [1.54, 1.807) is 11.3 Å². The quantitative estimate of drug-likeness (QED) is 0.676. The van der Waals surface area contributed by atoms with Gasteiger partial charge in [0.05, 0.1) is 6.61 Å². The minimum absolute atomic E-state index is 0.124. The number of nitrogens with one attached hydrogen (secondary N) is 1. The zero-order valence-electron chi connectivity index (χ0n) is 15.2. The number of ether oxygens (including phenoxy) is 2. The van der Waals surface area contributed by atoms with E-state index in [0.717, 1.165) is 19.3 Å². The average molecular weight is 380 g/mol. The van der Waals surface area contributed by atoms with Crippen molar-refractivity contribution in [2.45, 2.75) is 69.6 Å². The van der Waals surface area contributed by atoms with Crippen molar-refractivity contribution in [1.82, 2.24) is 5.32 Å². The Bertz CT molecular complexity index is 581.